The van der Waals surface area contributed by atoms with Crippen LogP contribution in [0.3, 0.4) is 0 Å². The zero-order valence-corrected chi connectivity index (χ0v) is 15.6. The first-order valence-corrected chi connectivity index (χ1v) is 9.08. The summed E-state index contributed by atoms with van der Waals surface area (Å²) in [6.45, 7) is -0.305. The predicted molar refractivity (Wildman–Crippen MR) is 102 cm³/mol. The van der Waals surface area contributed by atoms with Crippen LogP contribution in [0.4, 0.5) is 18.9 Å². The number of fused-ring (bicyclic) bond motifs is 1. The number of aromatic nitrogens is 2. The Hall–Kier alpha value is -3.23. The van der Waals surface area contributed by atoms with Crippen molar-refractivity contribution >= 4 is 22.5 Å². The number of carbonyl (C=O) groups is 1. The van der Waals surface area contributed by atoms with Crippen LogP contribution in [0.1, 0.15) is 22.5 Å². The van der Waals surface area contributed by atoms with Crippen LogP contribution in [0.15, 0.2) is 36.4 Å². The van der Waals surface area contributed by atoms with Crippen molar-refractivity contribution in [1.82, 2.24) is 15.1 Å². The molecule has 0 unspecified atom stereocenters. The van der Waals surface area contributed by atoms with Crippen molar-refractivity contribution in [2.45, 2.75) is 18.9 Å². The number of H-pyrrole nitrogens is 1. The molecule has 0 spiro atoms. The maximum Gasteiger partial charge on any atom is 0.275 e. The SMILES string of the molecule is COc1ccc(F)cc1CNc1ccc2[nH]nc(C(=O)N3CCC(F)(F)C3)c2c1. The van der Waals surface area contributed by atoms with Gasteiger partial charge in [-0.05, 0) is 36.4 Å². The molecule has 2 heterocycles. The molecular weight excluding hydrogens is 385 g/mol. The van der Waals surface area contributed by atoms with E-state index in [1.54, 1.807) is 24.3 Å². The van der Waals surface area contributed by atoms with Gasteiger partial charge in [0.2, 0.25) is 0 Å². The summed E-state index contributed by atoms with van der Waals surface area (Å²) in [5.41, 5.74) is 2.03. The molecular formula is C20H19F3N4O2. The molecule has 0 aliphatic carbocycles. The maximum atomic E-state index is 13.5. The Labute approximate surface area is 164 Å². The highest BCUT2D eigenvalue weighted by Gasteiger charge is 2.41. The second kappa shape index (κ2) is 7.31. The number of anilines is 1. The zero-order chi connectivity index (χ0) is 20.6. The minimum Gasteiger partial charge on any atom is -0.496 e. The van der Waals surface area contributed by atoms with Crippen molar-refractivity contribution in [3.8, 4) is 5.75 Å². The largest absolute Gasteiger partial charge is 0.496 e. The molecule has 1 saturated heterocycles. The van der Waals surface area contributed by atoms with E-state index < -0.39 is 18.4 Å². The molecule has 2 N–H and O–H groups in total. The van der Waals surface area contributed by atoms with Crippen molar-refractivity contribution in [2.75, 3.05) is 25.5 Å². The summed E-state index contributed by atoms with van der Waals surface area (Å²) in [5, 5.41) is 10.5. The second-order valence-corrected chi connectivity index (χ2v) is 6.97. The number of nitrogens with zero attached hydrogens (tertiary/aromatic N) is 2. The second-order valence-electron chi connectivity index (χ2n) is 6.97. The summed E-state index contributed by atoms with van der Waals surface area (Å²) in [5.74, 6) is -3.21. The summed E-state index contributed by atoms with van der Waals surface area (Å²) < 4.78 is 45.7. The summed E-state index contributed by atoms with van der Waals surface area (Å²) in [6, 6.07) is 9.48. The number of likely N-dealkylation sites (tertiary alicyclic amines) is 1. The van der Waals surface area contributed by atoms with Gasteiger partial charge in [0.05, 0.1) is 19.2 Å². The Morgan fingerprint density at radius 3 is 2.86 bits per heavy atom. The quantitative estimate of drug-likeness (QED) is 0.679. The van der Waals surface area contributed by atoms with Gasteiger partial charge < -0.3 is 15.0 Å². The molecule has 9 heteroatoms. The number of hydrogen-bond donors (Lipinski definition) is 2. The fourth-order valence-corrected chi connectivity index (χ4v) is 3.43. The fraction of sp³-hybridized carbons (Fsp3) is 0.300. The van der Waals surface area contributed by atoms with Crippen LogP contribution in [0.25, 0.3) is 10.9 Å². The van der Waals surface area contributed by atoms with Crippen LogP contribution in [0, 0.1) is 5.82 Å². The highest BCUT2D eigenvalue weighted by atomic mass is 19.3. The fourth-order valence-electron chi connectivity index (χ4n) is 3.43. The van der Waals surface area contributed by atoms with Crippen LogP contribution in [0.5, 0.6) is 5.75 Å². The van der Waals surface area contributed by atoms with E-state index in [0.29, 0.717) is 34.4 Å². The van der Waals surface area contributed by atoms with Gasteiger partial charge in [-0.3, -0.25) is 9.89 Å². The summed E-state index contributed by atoms with van der Waals surface area (Å²) >= 11 is 0. The number of benzene rings is 2. The van der Waals surface area contributed by atoms with Gasteiger partial charge >= 0.3 is 0 Å². The van der Waals surface area contributed by atoms with Gasteiger partial charge in [0.25, 0.3) is 11.8 Å². The molecule has 2 aromatic carbocycles. The van der Waals surface area contributed by atoms with Crippen LogP contribution in [-0.2, 0) is 6.54 Å². The Morgan fingerprint density at radius 1 is 1.31 bits per heavy atom. The Balaban J connectivity index is 1.56. The Kier molecular flexibility index (Phi) is 4.81. The van der Waals surface area contributed by atoms with Gasteiger partial charge in [0.1, 0.15) is 11.6 Å². The molecule has 29 heavy (non-hydrogen) atoms. The Morgan fingerprint density at radius 2 is 2.14 bits per heavy atom. The van der Waals surface area contributed by atoms with E-state index in [0.717, 1.165) is 4.90 Å². The smallest absolute Gasteiger partial charge is 0.275 e. The number of rotatable bonds is 5. The first kappa shape index (κ1) is 19.1. The lowest BCUT2D eigenvalue weighted by atomic mass is 10.1. The van der Waals surface area contributed by atoms with Crippen molar-refractivity contribution in [1.29, 1.82) is 0 Å². The molecule has 4 rings (SSSR count). The number of methoxy groups -OCH3 is 1. The number of hydrogen-bond acceptors (Lipinski definition) is 4. The van der Waals surface area contributed by atoms with Gasteiger partial charge in [-0.1, -0.05) is 0 Å². The van der Waals surface area contributed by atoms with Gasteiger partial charge in [-0.15, -0.1) is 0 Å². The lowest BCUT2D eigenvalue weighted by Crippen LogP contribution is -2.31. The first-order valence-electron chi connectivity index (χ1n) is 9.08. The predicted octanol–water partition coefficient (Wildman–Crippen LogP) is 3.80. The number of aromatic amines is 1. The molecule has 0 saturated carbocycles. The molecule has 1 aromatic heterocycles. The number of alkyl halides is 2. The summed E-state index contributed by atoms with van der Waals surface area (Å²) in [7, 11) is 1.51. The molecule has 1 amide bonds. The molecule has 1 fully saturated rings. The van der Waals surface area contributed by atoms with E-state index in [2.05, 4.69) is 15.5 Å². The van der Waals surface area contributed by atoms with Gasteiger partial charge in [-0.2, -0.15) is 5.10 Å². The summed E-state index contributed by atoms with van der Waals surface area (Å²) in [4.78, 5) is 13.8. The van der Waals surface area contributed by atoms with Crippen molar-refractivity contribution in [3.05, 3.63) is 53.5 Å². The first-order chi connectivity index (χ1) is 13.9. The molecule has 0 radical (unpaired) electrons. The third-order valence-electron chi connectivity index (χ3n) is 4.95. The Bertz CT molecular complexity index is 1070. The van der Waals surface area contributed by atoms with Gasteiger partial charge in [0, 0.05) is 36.1 Å². The van der Waals surface area contributed by atoms with E-state index in [9.17, 15) is 18.0 Å². The van der Waals surface area contributed by atoms with E-state index in [4.69, 9.17) is 4.74 Å². The minimum atomic E-state index is -2.86. The van der Waals surface area contributed by atoms with Crippen molar-refractivity contribution < 1.29 is 22.7 Å². The third-order valence-corrected chi connectivity index (χ3v) is 4.95. The monoisotopic (exact) mass is 404 g/mol. The molecule has 1 aliphatic heterocycles. The van der Waals surface area contributed by atoms with E-state index >= 15 is 0 Å². The van der Waals surface area contributed by atoms with E-state index in [1.165, 1.54) is 19.2 Å². The number of ether oxygens (including phenoxy) is 1. The van der Waals surface area contributed by atoms with Crippen molar-refractivity contribution in [3.63, 3.8) is 0 Å². The van der Waals surface area contributed by atoms with Crippen LogP contribution < -0.4 is 10.1 Å². The highest BCUT2D eigenvalue weighted by Crippen LogP contribution is 2.29. The van der Waals surface area contributed by atoms with Crippen LogP contribution >= 0.6 is 0 Å². The zero-order valence-electron chi connectivity index (χ0n) is 15.6. The van der Waals surface area contributed by atoms with E-state index in [1.807, 2.05) is 0 Å². The lowest BCUT2D eigenvalue weighted by molar-refractivity contribution is 0.0119. The van der Waals surface area contributed by atoms with Crippen LogP contribution in [0.2, 0.25) is 0 Å². The standard InChI is InChI=1S/C20H19F3N4O2/c1-29-17-5-2-13(21)8-12(17)10-24-14-3-4-16-15(9-14)18(26-25-16)19(28)27-7-6-20(22,23)11-27/h2-5,8-9,24H,6-7,10-11H2,1H3,(H,25,26). The number of carbonyl (C=O) groups excluding carboxylic acids is 1. The summed E-state index contributed by atoms with van der Waals surface area (Å²) in [6.07, 6.45) is -0.344. The highest BCUT2D eigenvalue weighted by molar-refractivity contribution is 6.05. The number of nitrogens with one attached hydrogen (secondary N) is 2. The third kappa shape index (κ3) is 3.85. The van der Waals surface area contributed by atoms with Gasteiger partial charge in [0.15, 0.2) is 5.69 Å². The average molecular weight is 404 g/mol. The maximum absolute atomic E-state index is 13.5. The van der Waals surface area contributed by atoms with Crippen LogP contribution in [-0.4, -0.2) is 47.1 Å². The molecule has 6 nitrogen and oxygen atoms in total. The minimum absolute atomic E-state index is 0.00249. The van der Waals surface area contributed by atoms with Gasteiger partial charge in [-0.25, -0.2) is 13.2 Å². The molecule has 1 aliphatic rings. The average Bonchev–Trinajstić information content (AvgIpc) is 3.28. The molecule has 3 aromatic rings. The number of halogens is 3. The normalized spacial score (nSPS) is 15.7. The number of amides is 1. The molecule has 0 atom stereocenters. The van der Waals surface area contributed by atoms with E-state index in [-0.39, 0.29) is 24.5 Å². The van der Waals surface area contributed by atoms with Crippen molar-refractivity contribution in [2.24, 2.45) is 0 Å². The molecule has 0 bridgehead atoms. The topological polar surface area (TPSA) is 70.2 Å². The molecule has 152 valence electrons. The lowest BCUT2D eigenvalue weighted by Gasteiger charge is -2.15.